The third-order valence-corrected chi connectivity index (χ3v) is 5.73. The van der Waals surface area contributed by atoms with Crippen LogP contribution in [0.25, 0.3) is 11.2 Å². The van der Waals surface area contributed by atoms with Crippen molar-refractivity contribution in [1.82, 2.24) is 25.3 Å². The summed E-state index contributed by atoms with van der Waals surface area (Å²) in [7, 11) is 0. The molecule has 0 saturated heterocycles. The molecule has 200 valence electrons. The number of carboxylic acid groups (broad SMARTS) is 2. The average Bonchev–Trinajstić information content (AvgIpc) is 2.89. The van der Waals surface area contributed by atoms with Crippen LogP contribution in [0.2, 0.25) is 0 Å². The number of hydrogen-bond donors (Lipinski definition) is 6. The van der Waals surface area contributed by atoms with Gasteiger partial charge in [-0.2, -0.15) is 4.98 Å². The first-order chi connectivity index (χ1) is 18.6. The summed E-state index contributed by atoms with van der Waals surface area (Å²) in [6.07, 6.45) is 0.945. The third kappa shape index (κ3) is 6.49. The Hall–Kier alpha value is -5.40. The Kier molecular flexibility index (Phi) is 7.74. The molecule has 0 aliphatic rings. The number of nitrogens with zero attached hydrogens (tertiary/aromatic N) is 3. The molecule has 0 radical (unpaired) electrons. The van der Waals surface area contributed by atoms with Gasteiger partial charge < -0.3 is 26.6 Å². The minimum Gasteiger partial charge on any atom is -0.481 e. The van der Waals surface area contributed by atoms with Gasteiger partial charge in [0.15, 0.2) is 11.2 Å². The first-order valence-electron chi connectivity index (χ1n) is 11.5. The second kappa shape index (κ2) is 11.3. The van der Waals surface area contributed by atoms with E-state index in [0.29, 0.717) is 11.4 Å². The molecule has 4 aromatic rings. The molecular formula is C25H22FN7O6. The Morgan fingerprint density at radius 1 is 1.05 bits per heavy atom. The second-order valence-corrected chi connectivity index (χ2v) is 8.46. The van der Waals surface area contributed by atoms with Crippen molar-refractivity contribution >= 4 is 40.6 Å². The molecule has 0 bridgehead atoms. The average molecular weight is 535 g/mol. The van der Waals surface area contributed by atoms with Crippen LogP contribution < -0.4 is 21.9 Å². The van der Waals surface area contributed by atoms with Crippen LogP contribution in [-0.2, 0) is 16.1 Å². The molecular weight excluding hydrogens is 513 g/mol. The molecule has 14 heteroatoms. The van der Waals surface area contributed by atoms with E-state index in [1.165, 1.54) is 30.5 Å². The zero-order chi connectivity index (χ0) is 28.1. The molecule has 4 rings (SSSR count). The number of anilines is 2. The van der Waals surface area contributed by atoms with E-state index < -0.39 is 47.6 Å². The third-order valence-electron chi connectivity index (χ3n) is 5.73. The van der Waals surface area contributed by atoms with Crippen LogP contribution in [0.3, 0.4) is 0 Å². The lowest BCUT2D eigenvalue weighted by Crippen LogP contribution is -2.42. The van der Waals surface area contributed by atoms with Crippen molar-refractivity contribution in [2.24, 2.45) is 0 Å². The number of fused-ring (bicyclic) bond motifs is 1. The van der Waals surface area contributed by atoms with E-state index >= 15 is 0 Å². The quantitative estimate of drug-likeness (QED) is 0.171. The Labute approximate surface area is 219 Å². The standard InChI is InChI=1S/C25H22FN7O6/c26-14-3-1-2-13(8-14)17(23(36)37)9-18(24(38)39)31-21(34)12-4-6-15(7-5-12)28-10-16-11-29-20-19(30-16)22(35)33-25(27)32-20/h1-8,11,17-18,28H,9-10H2,(H,31,34)(H,36,37)(H,38,39)(H3,27,29,32,33,35)/t17?,18-/m0/s1. The molecule has 39 heavy (non-hydrogen) atoms. The Morgan fingerprint density at radius 2 is 1.79 bits per heavy atom. The molecule has 0 spiro atoms. The molecule has 2 heterocycles. The molecule has 0 aliphatic carbocycles. The highest BCUT2D eigenvalue weighted by Crippen LogP contribution is 2.23. The first-order valence-corrected chi connectivity index (χ1v) is 11.5. The summed E-state index contributed by atoms with van der Waals surface area (Å²) in [5.74, 6) is -5.60. The summed E-state index contributed by atoms with van der Waals surface area (Å²) >= 11 is 0. The van der Waals surface area contributed by atoms with Gasteiger partial charge in [-0.15, -0.1) is 0 Å². The number of halogens is 1. The van der Waals surface area contributed by atoms with E-state index in [0.717, 1.165) is 12.1 Å². The summed E-state index contributed by atoms with van der Waals surface area (Å²) in [6.45, 7) is 0.191. The van der Waals surface area contributed by atoms with Gasteiger partial charge in [0.1, 0.15) is 11.9 Å². The molecule has 0 fully saturated rings. The number of aliphatic carboxylic acids is 2. The van der Waals surface area contributed by atoms with Crippen LogP contribution in [-0.4, -0.2) is 54.0 Å². The van der Waals surface area contributed by atoms with Gasteiger partial charge >= 0.3 is 11.9 Å². The number of benzene rings is 2. The molecule has 0 saturated carbocycles. The number of hydrogen-bond acceptors (Lipinski definition) is 9. The maximum atomic E-state index is 13.6. The number of nitrogens with two attached hydrogens (primary N) is 1. The molecule has 2 aromatic heterocycles. The normalized spacial score (nSPS) is 12.4. The molecule has 1 unspecified atom stereocenters. The van der Waals surface area contributed by atoms with E-state index in [1.54, 1.807) is 12.1 Å². The van der Waals surface area contributed by atoms with Crippen LogP contribution >= 0.6 is 0 Å². The number of carbonyl (C=O) groups is 3. The summed E-state index contributed by atoms with van der Waals surface area (Å²) < 4.78 is 13.6. The van der Waals surface area contributed by atoms with Crippen LogP contribution in [0, 0.1) is 5.82 Å². The number of amides is 1. The van der Waals surface area contributed by atoms with Crippen molar-refractivity contribution in [3.8, 4) is 0 Å². The SMILES string of the molecule is Nc1nc2ncc(CNc3ccc(C(=O)N[C@@H](CC(C(=O)O)c4cccc(F)c4)C(=O)O)cc3)nc2c(=O)[nH]1. The number of nitrogen functional groups attached to an aromatic ring is 1. The van der Waals surface area contributed by atoms with Crippen molar-refractivity contribution in [2.45, 2.75) is 24.9 Å². The molecule has 2 aromatic carbocycles. The van der Waals surface area contributed by atoms with Crippen LogP contribution in [0.1, 0.15) is 34.0 Å². The van der Waals surface area contributed by atoms with Gasteiger partial charge in [0.2, 0.25) is 5.95 Å². The van der Waals surface area contributed by atoms with Gasteiger partial charge in [0.05, 0.1) is 24.4 Å². The summed E-state index contributed by atoms with van der Waals surface area (Å²) in [5.41, 5.74) is 6.36. The van der Waals surface area contributed by atoms with Crippen LogP contribution in [0.4, 0.5) is 16.0 Å². The van der Waals surface area contributed by atoms with Gasteiger partial charge in [0, 0.05) is 11.3 Å². The maximum absolute atomic E-state index is 13.6. The van der Waals surface area contributed by atoms with E-state index in [4.69, 9.17) is 5.73 Å². The Bertz CT molecular complexity index is 1610. The van der Waals surface area contributed by atoms with Crippen LogP contribution in [0.15, 0.2) is 59.5 Å². The Balaban J connectivity index is 1.40. The largest absolute Gasteiger partial charge is 0.481 e. The number of aromatic nitrogens is 4. The zero-order valence-electron chi connectivity index (χ0n) is 20.1. The predicted molar refractivity (Wildman–Crippen MR) is 136 cm³/mol. The second-order valence-electron chi connectivity index (χ2n) is 8.46. The lowest BCUT2D eigenvalue weighted by Gasteiger charge is -2.19. The molecule has 1 amide bonds. The van der Waals surface area contributed by atoms with Crippen molar-refractivity contribution in [1.29, 1.82) is 0 Å². The lowest BCUT2D eigenvalue weighted by molar-refractivity contribution is -0.141. The summed E-state index contributed by atoms with van der Waals surface area (Å²) in [6, 6.07) is 9.35. The van der Waals surface area contributed by atoms with E-state index in [1.807, 2.05) is 0 Å². The predicted octanol–water partition coefficient (Wildman–Crippen LogP) is 1.49. The van der Waals surface area contributed by atoms with E-state index in [-0.39, 0.29) is 34.8 Å². The first kappa shape index (κ1) is 26.7. The number of carbonyl (C=O) groups excluding carboxylic acids is 1. The van der Waals surface area contributed by atoms with Crippen molar-refractivity contribution in [2.75, 3.05) is 11.1 Å². The number of aromatic amines is 1. The fourth-order valence-corrected chi connectivity index (χ4v) is 3.79. The Morgan fingerprint density at radius 3 is 2.46 bits per heavy atom. The van der Waals surface area contributed by atoms with Crippen molar-refractivity contribution in [3.63, 3.8) is 0 Å². The minimum atomic E-state index is -1.54. The van der Waals surface area contributed by atoms with Crippen molar-refractivity contribution < 1.29 is 29.0 Å². The fourth-order valence-electron chi connectivity index (χ4n) is 3.79. The highest BCUT2D eigenvalue weighted by atomic mass is 19.1. The monoisotopic (exact) mass is 535 g/mol. The number of nitrogens with one attached hydrogen (secondary N) is 3. The molecule has 13 nitrogen and oxygen atoms in total. The highest BCUT2D eigenvalue weighted by Gasteiger charge is 2.30. The van der Waals surface area contributed by atoms with Crippen LogP contribution in [0.5, 0.6) is 0 Å². The van der Waals surface area contributed by atoms with E-state index in [2.05, 4.69) is 30.6 Å². The smallest absolute Gasteiger partial charge is 0.326 e. The summed E-state index contributed by atoms with van der Waals surface area (Å²) in [5, 5.41) is 24.5. The minimum absolute atomic E-state index is 0.0334. The number of carboxylic acids is 2. The van der Waals surface area contributed by atoms with Crippen molar-refractivity contribution in [3.05, 3.63) is 87.7 Å². The number of H-pyrrole nitrogens is 1. The van der Waals surface area contributed by atoms with Gasteiger partial charge in [-0.25, -0.2) is 19.2 Å². The van der Waals surface area contributed by atoms with Gasteiger partial charge in [-0.05, 0) is 48.4 Å². The summed E-state index contributed by atoms with van der Waals surface area (Å²) in [4.78, 5) is 62.8. The van der Waals surface area contributed by atoms with Gasteiger partial charge in [0.25, 0.3) is 11.5 Å². The highest BCUT2D eigenvalue weighted by molar-refractivity contribution is 5.97. The zero-order valence-corrected chi connectivity index (χ0v) is 20.1. The fraction of sp³-hybridized carbons (Fsp3) is 0.160. The molecule has 2 atom stereocenters. The van der Waals surface area contributed by atoms with Gasteiger partial charge in [-0.3, -0.25) is 19.4 Å². The maximum Gasteiger partial charge on any atom is 0.326 e. The lowest BCUT2D eigenvalue weighted by atomic mass is 9.92. The molecule has 7 N–H and O–H groups in total. The molecule has 0 aliphatic heterocycles. The van der Waals surface area contributed by atoms with Gasteiger partial charge in [-0.1, -0.05) is 12.1 Å². The topological polar surface area (TPSA) is 213 Å². The van der Waals surface area contributed by atoms with E-state index in [9.17, 15) is 33.8 Å². The number of rotatable bonds is 10.